The quantitative estimate of drug-likeness (QED) is 0.599. The Balaban J connectivity index is 1.86. The third-order valence-corrected chi connectivity index (χ3v) is 4.46. The predicted octanol–water partition coefficient (Wildman–Crippen LogP) is 3.60. The van der Waals surface area contributed by atoms with Crippen LogP contribution in [0, 0.1) is 5.92 Å². The monoisotopic (exact) mass is 394 g/mol. The molecule has 3 rings (SSSR count). The van der Waals surface area contributed by atoms with Crippen LogP contribution in [-0.2, 0) is 11.0 Å². The molecule has 0 amide bonds. The highest BCUT2D eigenvalue weighted by Gasteiger charge is 2.34. The Morgan fingerprint density at radius 2 is 2.11 bits per heavy atom. The van der Waals surface area contributed by atoms with Crippen molar-refractivity contribution in [2.75, 3.05) is 20.2 Å². The van der Waals surface area contributed by atoms with Crippen LogP contribution in [0.3, 0.4) is 0 Å². The first-order valence-corrected chi connectivity index (χ1v) is 8.92. The van der Waals surface area contributed by atoms with Crippen LogP contribution in [0.25, 0.3) is 0 Å². The van der Waals surface area contributed by atoms with Gasteiger partial charge in [0.1, 0.15) is 24.7 Å². The lowest BCUT2D eigenvalue weighted by atomic mass is 9.91. The second kappa shape index (κ2) is 9.01. The van der Waals surface area contributed by atoms with E-state index in [9.17, 15) is 13.2 Å². The average molecular weight is 394 g/mol. The first-order valence-electron chi connectivity index (χ1n) is 8.92. The second-order valence-corrected chi connectivity index (χ2v) is 6.48. The summed E-state index contributed by atoms with van der Waals surface area (Å²) in [5.41, 5.74) is 0.130. The van der Waals surface area contributed by atoms with Gasteiger partial charge in [-0.1, -0.05) is 17.3 Å². The highest BCUT2D eigenvalue weighted by molar-refractivity contribution is 5.79. The molecule has 6 nitrogen and oxygen atoms in total. The Hall–Kier alpha value is -2.68. The third kappa shape index (κ3) is 5.19. The topological polar surface area (TPSA) is 68.6 Å². The fraction of sp³-hybridized carbons (Fsp3) is 0.421. The number of benzene rings is 1. The number of nitrogens with one attached hydrogen (secondary N) is 1. The van der Waals surface area contributed by atoms with Crippen LogP contribution in [0.15, 0.2) is 41.6 Å². The van der Waals surface area contributed by atoms with E-state index in [1.54, 1.807) is 24.4 Å². The summed E-state index contributed by atoms with van der Waals surface area (Å²) in [6.07, 6.45) is -1.66. The zero-order chi connectivity index (χ0) is 20.0. The van der Waals surface area contributed by atoms with Gasteiger partial charge in [0.2, 0.25) is 0 Å². The summed E-state index contributed by atoms with van der Waals surface area (Å²) < 4.78 is 44.6. The van der Waals surface area contributed by atoms with Crippen molar-refractivity contribution in [2.24, 2.45) is 11.1 Å². The molecule has 1 aliphatic rings. The van der Waals surface area contributed by atoms with Crippen LogP contribution in [0.5, 0.6) is 5.75 Å². The van der Waals surface area contributed by atoms with Gasteiger partial charge in [0.05, 0.1) is 6.21 Å². The average Bonchev–Trinajstić information content (AvgIpc) is 2.71. The minimum Gasteiger partial charge on any atom is -0.484 e. The van der Waals surface area contributed by atoms with Crippen molar-refractivity contribution in [1.82, 2.24) is 15.5 Å². The molecule has 0 radical (unpaired) electrons. The molecule has 0 bridgehead atoms. The van der Waals surface area contributed by atoms with E-state index in [0.717, 1.165) is 31.0 Å². The Morgan fingerprint density at radius 3 is 2.75 bits per heavy atom. The van der Waals surface area contributed by atoms with Gasteiger partial charge >= 0.3 is 6.18 Å². The molecule has 1 N–H and O–H groups in total. The zero-order valence-corrected chi connectivity index (χ0v) is 15.3. The van der Waals surface area contributed by atoms with E-state index in [1.807, 2.05) is 6.07 Å². The summed E-state index contributed by atoms with van der Waals surface area (Å²) in [6, 6.07) is 9.49. The molecule has 2 unspecified atom stereocenters. The SMILES string of the molecule is CON=Cc1cccc(OC(c2ccc(C(F)(F)F)nn2)C2CCCNC2)c1. The molecule has 1 saturated heterocycles. The Labute approximate surface area is 160 Å². The molecular formula is C19H21F3N4O2. The van der Waals surface area contributed by atoms with E-state index >= 15 is 0 Å². The number of piperidine rings is 1. The Bertz CT molecular complexity index is 791. The standard InChI is InChI=1S/C19H21F3N4O2/c1-27-24-11-13-4-2-6-15(10-13)28-18(14-5-3-9-23-12-14)16-7-8-17(26-25-16)19(20,21)22/h2,4,6-8,10-11,14,18,23H,3,5,9,12H2,1H3. The molecule has 0 spiro atoms. The lowest BCUT2D eigenvalue weighted by Gasteiger charge is -2.30. The Kier molecular flexibility index (Phi) is 6.45. The maximum Gasteiger partial charge on any atom is 0.435 e. The fourth-order valence-electron chi connectivity index (χ4n) is 3.11. The highest BCUT2D eigenvalue weighted by atomic mass is 19.4. The summed E-state index contributed by atoms with van der Waals surface area (Å²) in [7, 11) is 1.45. The van der Waals surface area contributed by atoms with Crippen LogP contribution < -0.4 is 10.1 Å². The molecule has 150 valence electrons. The maximum atomic E-state index is 12.8. The molecule has 1 fully saturated rings. The van der Waals surface area contributed by atoms with E-state index in [1.165, 1.54) is 13.2 Å². The van der Waals surface area contributed by atoms with E-state index in [2.05, 4.69) is 25.5 Å². The molecule has 0 saturated carbocycles. The number of hydrogen-bond acceptors (Lipinski definition) is 6. The number of halogens is 3. The van der Waals surface area contributed by atoms with Gasteiger partial charge in [0.25, 0.3) is 0 Å². The van der Waals surface area contributed by atoms with Crippen LogP contribution in [0.4, 0.5) is 13.2 Å². The maximum absolute atomic E-state index is 12.8. The van der Waals surface area contributed by atoms with Crippen LogP contribution in [0.1, 0.15) is 35.9 Å². The van der Waals surface area contributed by atoms with Gasteiger partial charge in [-0.3, -0.25) is 0 Å². The van der Waals surface area contributed by atoms with Gasteiger partial charge < -0.3 is 14.9 Å². The first kappa shape index (κ1) is 20.1. The van der Waals surface area contributed by atoms with Crippen LogP contribution in [0.2, 0.25) is 0 Å². The van der Waals surface area contributed by atoms with E-state index in [0.29, 0.717) is 18.0 Å². The molecule has 0 aliphatic carbocycles. The summed E-state index contributed by atoms with van der Waals surface area (Å²) in [6.45, 7) is 1.60. The first-order chi connectivity index (χ1) is 13.5. The molecule has 1 aliphatic heterocycles. The van der Waals surface area contributed by atoms with Crippen molar-refractivity contribution in [3.8, 4) is 5.75 Å². The summed E-state index contributed by atoms with van der Waals surface area (Å²) in [5, 5.41) is 14.2. The molecular weight excluding hydrogens is 373 g/mol. The second-order valence-electron chi connectivity index (χ2n) is 6.48. The Morgan fingerprint density at radius 1 is 1.25 bits per heavy atom. The summed E-state index contributed by atoms with van der Waals surface area (Å²) in [4.78, 5) is 4.68. The smallest absolute Gasteiger partial charge is 0.435 e. The highest BCUT2D eigenvalue weighted by Crippen LogP contribution is 2.33. The van der Waals surface area contributed by atoms with Gasteiger partial charge in [-0.05, 0) is 49.2 Å². The molecule has 9 heteroatoms. The molecule has 1 aromatic heterocycles. The zero-order valence-electron chi connectivity index (χ0n) is 15.3. The minimum absolute atomic E-state index is 0.0658. The summed E-state index contributed by atoms with van der Waals surface area (Å²) >= 11 is 0. The molecule has 2 heterocycles. The third-order valence-electron chi connectivity index (χ3n) is 4.46. The van der Waals surface area contributed by atoms with Crippen molar-refractivity contribution in [1.29, 1.82) is 0 Å². The van der Waals surface area contributed by atoms with Crippen molar-refractivity contribution in [3.05, 3.63) is 53.3 Å². The lowest BCUT2D eigenvalue weighted by Crippen LogP contribution is -2.35. The van der Waals surface area contributed by atoms with Gasteiger partial charge in [-0.2, -0.15) is 18.3 Å². The summed E-state index contributed by atoms with van der Waals surface area (Å²) in [5.74, 6) is 0.633. The van der Waals surface area contributed by atoms with Gasteiger partial charge in [0, 0.05) is 12.5 Å². The van der Waals surface area contributed by atoms with Gasteiger partial charge in [-0.15, -0.1) is 5.10 Å². The van der Waals surface area contributed by atoms with Crippen molar-refractivity contribution < 1.29 is 22.7 Å². The molecule has 2 aromatic rings. The van der Waals surface area contributed by atoms with E-state index in [4.69, 9.17) is 4.74 Å². The fourth-order valence-corrected chi connectivity index (χ4v) is 3.11. The number of rotatable bonds is 6. The van der Waals surface area contributed by atoms with Crippen LogP contribution in [-0.4, -0.2) is 36.6 Å². The van der Waals surface area contributed by atoms with Crippen molar-refractivity contribution in [3.63, 3.8) is 0 Å². The number of nitrogens with zero attached hydrogens (tertiary/aromatic N) is 3. The van der Waals surface area contributed by atoms with E-state index in [-0.39, 0.29) is 5.92 Å². The number of aromatic nitrogens is 2. The molecule has 1 aromatic carbocycles. The molecule has 28 heavy (non-hydrogen) atoms. The lowest BCUT2D eigenvalue weighted by molar-refractivity contribution is -0.141. The largest absolute Gasteiger partial charge is 0.484 e. The number of hydrogen-bond donors (Lipinski definition) is 1. The predicted molar refractivity (Wildman–Crippen MR) is 97.0 cm³/mol. The van der Waals surface area contributed by atoms with Crippen molar-refractivity contribution in [2.45, 2.75) is 25.1 Å². The van der Waals surface area contributed by atoms with E-state index < -0.39 is 18.0 Å². The molecule has 2 atom stereocenters. The number of oxime groups is 1. The van der Waals surface area contributed by atoms with Crippen LogP contribution >= 0.6 is 0 Å². The van der Waals surface area contributed by atoms with Crippen molar-refractivity contribution >= 4 is 6.21 Å². The number of alkyl halides is 3. The number of ether oxygens (including phenoxy) is 1. The van der Waals surface area contributed by atoms with Gasteiger partial charge in [0.15, 0.2) is 5.69 Å². The van der Waals surface area contributed by atoms with Gasteiger partial charge in [-0.25, -0.2) is 0 Å². The normalized spacial score (nSPS) is 18.8. The minimum atomic E-state index is -4.52.